The van der Waals surface area contributed by atoms with E-state index in [1.807, 2.05) is 11.4 Å². The second-order valence-corrected chi connectivity index (χ2v) is 4.93. The van der Waals surface area contributed by atoms with Crippen molar-refractivity contribution in [2.45, 2.75) is 10.6 Å². The molecule has 2 rings (SSSR count). The van der Waals surface area contributed by atoms with Crippen LogP contribution < -0.4 is 5.73 Å². The molecule has 2 nitrogen and oxygen atoms in total. The number of nitrogens with two attached hydrogens (primary N) is 1. The lowest BCUT2D eigenvalue weighted by atomic mass is 10.3. The molecule has 0 bridgehead atoms. The molecule has 0 aliphatic carbocycles. The van der Waals surface area contributed by atoms with Crippen LogP contribution >= 0.6 is 23.1 Å². The Morgan fingerprint density at radius 3 is 3.00 bits per heavy atom. The van der Waals surface area contributed by atoms with Crippen LogP contribution in [0.1, 0.15) is 5.01 Å². The number of nitrogens with zero attached hydrogens (tertiary/aromatic N) is 1. The largest absolute Gasteiger partial charge is 0.396 e. The number of benzene rings is 1. The molecule has 0 atom stereocenters. The molecule has 1 aromatic heterocycles. The van der Waals surface area contributed by atoms with Gasteiger partial charge in [0.1, 0.15) is 10.8 Å². The van der Waals surface area contributed by atoms with E-state index in [0.29, 0.717) is 0 Å². The average molecular weight is 240 g/mol. The maximum atomic E-state index is 13.1. The molecule has 0 amide bonds. The van der Waals surface area contributed by atoms with Crippen LogP contribution in [0.2, 0.25) is 0 Å². The van der Waals surface area contributed by atoms with Crippen molar-refractivity contribution in [2.24, 2.45) is 0 Å². The van der Waals surface area contributed by atoms with Gasteiger partial charge in [0, 0.05) is 16.5 Å². The fourth-order valence-electron chi connectivity index (χ4n) is 1.07. The summed E-state index contributed by atoms with van der Waals surface area (Å²) in [6.45, 7) is 0. The number of hydrogen-bond donors (Lipinski definition) is 1. The van der Waals surface area contributed by atoms with Crippen LogP contribution in [0.4, 0.5) is 10.1 Å². The van der Waals surface area contributed by atoms with Crippen molar-refractivity contribution in [1.82, 2.24) is 4.98 Å². The number of thioether (sulfide) groups is 1. The molecule has 0 aliphatic heterocycles. The first kappa shape index (κ1) is 10.4. The number of halogens is 1. The van der Waals surface area contributed by atoms with E-state index in [9.17, 15) is 4.39 Å². The van der Waals surface area contributed by atoms with Crippen molar-refractivity contribution in [2.75, 3.05) is 5.73 Å². The fraction of sp³-hybridized carbons (Fsp3) is 0.100. The lowest BCUT2D eigenvalue weighted by Crippen LogP contribution is -1.89. The van der Waals surface area contributed by atoms with Crippen LogP contribution in [0, 0.1) is 5.82 Å². The van der Waals surface area contributed by atoms with Gasteiger partial charge >= 0.3 is 0 Å². The van der Waals surface area contributed by atoms with E-state index < -0.39 is 0 Å². The molecule has 5 heteroatoms. The van der Waals surface area contributed by atoms with Crippen LogP contribution in [-0.4, -0.2) is 4.98 Å². The third-order valence-corrected chi connectivity index (χ3v) is 3.79. The first-order valence-corrected chi connectivity index (χ1v) is 6.18. The summed E-state index contributed by atoms with van der Waals surface area (Å²) >= 11 is 3.15. The summed E-state index contributed by atoms with van der Waals surface area (Å²) in [4.78, 5) is 5.02. The Bertz CT molecular complexity index is 443. The van der Waals surface area contributed by atoms with E-state index in [2.05, 4.69) is 4.98 Å². The number of nitrogen functional groups attached to an aromatic ring is 1. The molecule has 2 aromatic rings. The molecular formula is C10H9FN2S2. The summed E-state index contributed by atoms with van der Waals surface area (Å²) < 4.78 is 13.1. The zero-order chi connectivity index (χ0) is 10.7. The molecule has 15 heavy (non-hydrogen) atoms. The number of anilines is 1. The minimum atomic E-state index is -0.362. The average Bonchev–Trinajstić information content (AvgIpc) is 2.73. The number of hydrogen-bond acceptors (Lipinski definition) is 4. The Morgan fingerprint density at radius 1 is 1.47 bits per heavy atom. The van der Waals surface area contributed by atoms with Gasteiger partial charge in [-0.1, -0.05) is 0 Å². The minimum Gasteiger partial charge on any atom is -0.396 e. The molecular weight excluding hydrogens is 231 g/mol. The Labute approximate surface area is 95.3 Å². The second-order valence-electron chi connectivity index (χ2n) is 2.90. The Morgan fingerprint density at radius 2 is 2.33 bits per heavy atom. The highest BCUT2D eigenvalue weighted by Crippen LogP contribution is 2.25. The van der Waals surface area contributed by atoms with Crippen molar-refractivity contribution in [3.63, 3.8) is 0 Å². The van der Waals surface area contributed by atoms with E-state index in [0.717, 1.165) is 15.7 Å². The first-order valence-electron chi connectivity index (χ1n) is 4.32. The van der Waals surface area contributed by atoms with E-state index in [1.54, 1.807) is 35.4 Å². The van der Waals surface area contributed by atoms with E-state index in [-0.39, 0.29) is 11.5 Å². The highest BCUT2D eigenvalue weighted by molar-refractivity contribution is 7.98. The highest BCUT2D eigenvalue weighted by atomic mass is 32.2. The molecule has 0 spiro atoms. The maximum Gasteiger partial charge on any atom is 0.147 e. The Hall–Kier alpha value is -1.07. The summed E-state index contributed by atoms with van der Waals surface area (Å²) in [6.07, 6.45) is 1.77. The molecule has 0 unspecified atom stereocenters. The van der Waals surface area contributed by atoms with Crippen LogP contribution in [0.3, 0.4) is 0 Å². The number of thiazole rings is 1. The summed E-state index contributed by atoms with van der Waals surface area (Å²) in [5, 5.41) is 2.97. The summed E-state index contributed by atoms with van der Waals surface area (Å²) in [5.74, 6) is 0.403. The topological polar surface area (TPSA) is 38.9 Å². The van der Waals surface area contributed by atoms with Gasteiger partial charge in [-0.15, -0.1) is 23.1 Å². The van der Waals surface area contributed by atoms with Crippen molar-refractivity contribution in [3.05, 3.63) is 40.6 Å². The van der Waals surface area contributed by atoms with Crippen LogP contribution in [0.5, 0.6) is 0 Å². The summed E-state index contributed by atoms with van der Waals surface area (Å²) in [5.41, 5.74) is 5.57. The van der Waals surface area contributed by atoms with Gasteiger partial charge in [-0.25, -0.2) is 9.37 Å². The zero-order valence-electron chi connectivity index (χ0n) is 7.81. The monoisotopic (exact) mass is 240 g/mol. The first-order chi connectivity index (χ1) is 7.25. The smallest absolute Gasteiger partial charge is 0.147 e. The van der Waals surface area contributed by atoms with Gasteiger partial charge in [-0.05, 0) is 18.2 Å². The molecule has 1 heterocycles. The van der Waals surface area contributed by atoms with Crippen LogP contribution in [-0.2, 0) is 5.75 Å². The summed E-state index contributed by atoms with van der Waals surface area (Å²) in [6, 6.07) is 4.85. The van der Waals surface area contributed by atoms with Gasteiger partial charge in [0.15, 0.2) is 0 Å². The SMILES string of the molecule is Nc1ccc(SCc2nccs2)cc1F. The van der Waals surface area contributed by atoms with Crippen molar-refractivity contribution >= 4 is 28.8 Å². The molecule has 2 N–H and O–H groups in total. The van der Waals surface area contributed by atoms with Gasteiger partial charge in [-0.3, -0.25) is 0 Å². The van der Waals surface area contributed by atoms with E-state index in [1.165, 1.54) is 6.07 Å². The minimum absolute atomic E-state index is 0.189. The predicted octanol–water partition coefficient (Wildman–Crippen LogP) is 3.16. The quantitative estimate of drug-likeness (QED) is 0.661. The molecule has 1 aromatic carbocycles. The molecule has 0 saturated carbocycles. The molecule has 78 valence electrons. The van der Waals surface area contributed by atoms with Crippen LogP contribution in [0.15, 0.2) is 34.7 Å². The van der Waals surface area contributed by atoms with Gasteiger partial charge in [0.05, 0.1) is 11.4 Å². The number of aromatic nitrogens is 1. The van der Waals surface area contributed by atoms with Gasteiger partial charge in [0.25, 0.3) is 0 Å². The van der Waals surface area contributed by atoms with Crippen molar-refractivity contribution in [1.29, 1.82) is 0 Å². The standard InChI is InChI=1S/C10H9FN2S2/c11-8-5-7(1-2-9(8)12)15-6-10-13-3-4-14-10/h1-5H,6,12H2. The zero-order valence-corrected chi connectivity index (χ0v) is 9.45. The van der Waals surface area contributed by atoms with Gasteiger partial charge in [0.2, 0.25) is 0 Å². The third kappa shape index (κ3) is 2.70. The lowest BCUT2D eigenvalue weighted by molar-refractivity contribution is 0.629. The summed E-state index contributed by atoms with van der Waals surface area (Å²) in [7, 11) is 0. The van der Waals surface area contributed by atoms with Crippen molar-refractivity contribution < 1.29 is 4.39 Å². The fourth-order valence-corrected chi connectivity index (χ4v) is 2.63. The second kappa shape index (κ2) is 4.63. The molecule has 0 aliphatic rings. The normalized spacial score (nSPS) is 10.5. The maximum absolute atomic E-state index is 13.1. The van der Waals surface area contributed by atoms with E-state index >= 15 is 0 Å². The molecule has 0 saturated heterocycles. The third-order valence-electron chi connectivity index (χ3n) is 1.82. The van der Waals surface area contributed by atoms with Crippen molar-refractivity contribution in [3.8, 4) is 0 Å². The predicted molar refractivity (Wildman–Crippen MR) is 62.5 cm³/mol. The van der Waals surface area contributed by atoms with Gasteiger partial charge in [-0.2, -0.15) is 0 Å². The Kier molecular flexibility index (Phi) is 3.23. The Balaban J connectivity index is 2.02. The molecule has 0 fully saturated rings. The lowest BCUT2D eigenvalue weighted by Gasteiger charge is -2.01. The number of rotatable bonds is 3. The molecule has 0 radical (unpaired) electrons. The van der Waals surface area contributed by atoms with Gasteiger partial charge < -0.3 is 5.73 Å². The van der Waals surface area contributed by atoms with Crippen LogP contribution in [0.25, 0.3) is 0 Å². The highest BCUT2D eigenvalue weighted by Gasteiger charge is 2.02. The van der Waals surface area contributed by atoms with E-state index in [4.69, 9.17) is 5.73 Å².